The van der Waals surface area contributed by atoms with Gasteiger partial charge in [0, 0.05) is 25.6 Å². The third-order valence-electron chi connectivity index (χ3n) is 3.56. The van der Waals surface area contributed by atoms with Crippen LogP contribution >= 0.6 is 0 Å². The van der Waals surface area contributed by atoms with Crippen molar-refractivity contribution in [3.63, 3.8) is 0 Å². The molecule has 1 heterocycles. The minimum atomic E-state index is 0.0646. The first-order valence-electron chi connectivity index (χ1n) is 6.93. The number of nitrogens with zero attached hydrogens (tertiary/aromatic N) is 3. The lowest BCUT2D eigenvalue weighted by atomic mass is 9.77. The van der Waals surface area contributed by atoms with E-state index < -0.39 is 0 Å². The second kappa shape index (κ2) is 6.22. The molecule has 1 unspecified atom stereocenters. The monoisotopic (exact) mass is 265 g/mol. The van der Waals surface area contributed by atoms with Crippen LogP contribution in [-0.4, -0.2) is 31.2 Å². The highest BCUT2D eigenvalue weighted by molar-refractivity contribution is 5.35. The van der Waals surface area contributed by atoms with Crippen molar-refractivity contribution in [2.75, 3.05) is 26.1 Å². The number of hydrogen-bond donors (Lipinski definition) is 0. The second-order valence-corrected chi connectivity index (χ2v) is 6.00. The van der Waals surface area contributed by atoms with Crippen molar-refractivity contribution >= 4 is 5.95 Å². The summed E-state index contributed by atoms with van der Waals surface area (Å²) in [6.07, 6.45) is 2.16. The average molecular weight is 265 g/mol. The molecule has 108 valence electrons. The van der Waals surface area contributed by atoms with Gasteiger partial charge in [-0.2, -0.15) is 4.98 Å². The summed E-state index contributed by atoms with van der Waals surface area (Å²) in [5, 5.41) is 0. The predicted molar refractivity (Wildman–Crippen MR) is 80.0 cm³/mol. The summed E-state index contributed by atoms with van der Waals surface area (Å²) in [4.78, 5) is 11.0. The molecule has 0 saturated heterocycles. The van der Waals surface area contributed by atoms with Gasteiger partial charge in [0.15, 0.2) is 0 Å². The summed E-state index contributed by atoms with van der Waals surface area (Å²) in [5.74, 6) is 1.98. The van der Waals surface area contributed by atoms with E-state index in [1.165, 1.54) is 0 Å². The van der Waals surface area contributed by atoms with Gasteiger partial charge in [0.2, 0.25) is 11.8 Å². The van der Waals surface area contributed by atoms with Gasteiger partial charge in [0.05, 0.1) is 12.8 Å². The average Bonchev–Trinajstić information content (AvgIpc) is 2.37. The Balaban J connectivity index is 3.26. The van der Waals surface area contributed by atoms with Crippen molar-refractivity contribution in [3.05, 3.63) is 11.8 Å². The first-order valence-corrected chi connectivity index (χ1v) is 6.93. The standard InChI is InChI=1S/C15H27N3O/c1-8-15(4,10-11(2)3)12-9-13(19-7)17-14(16-12)18(5)6/h9,11H,8,10H2,1-7H3. The lowest BCUT2D eigenvalue weighted by molar-refractivity contribution is 0.342. The molecule has 0 N–H and O–H groups in total. The zero-order chi connectivity index (χ0) is 14.6. The second-order valence-electron chi connectivity index (χ2n) is 6.00. The van der Waals surface area contributed by atoms with Gasteiger partial charge in [-0.1, -0.05) is 27.7 Å². The molecular formula is C15H27N3O. The summed E-state index contributed by atoms with van der Waals surface area (Å²) < 4.78 is 5.31. The van der Waals surface area contributed by atoms with E-state index in [0.29, 0.717) is 17.7 Å². The smallest absolute Gasteiger partial charge is 0.228 e. The van der Waals surface area contributed by atoms with Crippen LogP contribution in [0.1, 0.15) is 46.2 Å². The van der Waals surface area contributed by atoms with Gasteiger partial charge in [0.25, 0.3) is 0 Å². The highest BCUT2D eigenvalue weighted by Gasteiger charge is 2.28. The van der Waals surface area contributed by atoms with Crippen molar-refractivity contribution < 1.29 is 4.74 Å². The molecule has 0 aliphatic rings. The summed E-state index contributed by atoms with van der Waals surface area (Å²) in [6, 6.07) is 1.97. The van der Waals surface area contributed by atoms with Crippen LogP contribution in [0.5, 0.6) is 5.88 Å². The summed E-state index contributed by atoms with van der Waals surface area (Å²) >= 11 is 0. The molecule has 0 aliphatic carbocycles. The van der Waals surface area contributed by atoms with Crippen LogP contribution in [0.4, 0.5) is 5.95 Å². The van der Waals surface area contributed by atoms with Gasteiger partial charge in [-0.15, -0.1) is 0 Å². The third kappa shape index (κ3) is 3.82. The first kappa shape index (κ1) is 15.7. The highest BCUT2D eigenvalue weighted by Crippen LogP contribution is 2.34. The van der Waals surface area contributed by atoms with Gasteiger partial charge in [-0.3, -0.25) is 0 Å². The number of methoxy groups -OCH3 is 1. The number of hydrogen-bond acceptors (Lipinski definition) is 4. The fourth-order valence-corrected chi connectivity index (χ4v) is 2.36. The molecule has 0 saturated carbocycles. The Hall–Kier alpha value is -1.32. The molecule has 0 aromatic carbocycles. The van der Waals surface area contributed by atoms with Gasteiger partial charge in [-0.25, -0.2) is 4.98 Å². The molecule has 0 fully saturated rings. The summed E-state index contributed by atoms with van der Waals surface area (Å²) in [5.41, 5.74) is 1.13. The van der Waals surface area contributed by atoms with Crippen molar-refractivity contribution in [3.8, 4) is 5.88 Å². The van der Waals surface area contributed by atoms with Crippen LogP contribution in [0.3, 0.4) is 0 Å². The van der Waals surface area contributed by atoms with E-state index in [9.17, 15) is 0 Å². The fourth-order valence-electron chi connectivity index (χ4n) is 2.36. The van der Waals surface area contributed by atoms with Crippen molar-refractivity contribution in [2.24, 2.45) is 5.92 Å². The van der Waals surface area contributed by atoms with Crippen LogP contribution in [0.15, 0.2) is 6.07 Å². The molecule has 0 radical (unpaired) electrons. The molecular weight excluding hydrogens is 238 g/mol. The van der Waals surface area contributed by atoms with Gasteiger partial charge < -0.3 is 9.64 Å². The fraction of sp³-hybridized carbons (Fsp3) is 0.733. The molecule has 4 heteroatoms. The Bertz CT molecular complexity index is 418. The first-order chi connectivity index (χ1) is 8.82. The van der Waals surface area contributed by atoms with E-state index >= 15 is 0 Å². The molecule has 0 bridgehead atoms. The van der Waals surface area contributed by atoms with Crippen molar-refractivity contribution in [1.82, 2.24) is 9.97 Å². The molecule has 1 aromatic rings. The number of aromatic nitrogens is 2. The molecule has 0 spiro atoms. The number of rotatable bonds is 6. The number of anilines is 1. The highest BCUT2D eigenvalue weighted by atomic mass is 16.5. The van der Waals surface area contributed by atoms with Crippen LogP contribution in [0, 0.1) is 5.92 Å². The van der Waals surface area contributed by atoms with Gasteiger partial charge in [0.1, 0.15) is 0 Å². The third-order valence-corrected chi connectivity index (χ3v) is 3.56. The van der Waals surface area contributed by atoms with E-state index in [4.69, 9.17) is 9.72 Å². The normalized spacial score (nSPS) is 14.3. The minimum Gasteiger partial charge on any atom is -0.481 e. The maximum atomic E-state index is 5.31. The van der Waals surface area contributed by atoms with E-state index in [-0.39, 0.29) is 5.41 Å². The Morgan fingerprint density at radius 2 is 1.95 bits per heavy atom. The Kier molecular flexibility index (Phi) is 5.15. The van der Waals surface area contributed by atoms with Crippen LogP contribution in [-0.2, 0) is 5.41 Å². The van der Waals surface area contributed by atoms with Crippen molar-refractivity contribution in [1.29, 1.82) is 0 Å². The zero-order valence-electron chi connectivity index (χ0n) is 13.3. The molecule has 4 nitrogen and oxygen atoms in total. The molecule has 19 heavy (non-hydrogen) atoms. The zero-order valence-corrected chi connectivity index (χ0v) is 13.3. The largest absolute Gasteiger partial charge is 0.481 e. The molecule has 1 aromatic heterocycles. The van der Waals surface area contributed by atoms with E-state index in [1.54, 1.807) is 7.11 Å². The van der Waals surface area contributed by atoms with Crippen LogP contribution in [0.2, 0.25) is 0 Å². The maximum Gasteiger partial charge on any atom is 0.228 e. The molecule has 0 aliphatic heterocycles. The lowest BCUT2D eigenvalue weighted by Crippen LogP contribution is -2.26. The van der Waals surface area contributed by atoms with Gasteiger partial charge >= 0.3 is 0 Å². The van der Waals surface area contributed by atoms with E-state index in [0.717, 1.165) is 18.5 Å². The van der Waals surface area contributed by atoms with E-state index in [2.05, 4.69) is 32.7 Å². The maximum absolute atomic E-state index is 5.31. The van der Waals surface area contributed by atoms with Gasteiger partial charge in [-0.05, 0) is 18.8 Å². The molecule has 1 atom stereocenters. The Morgan fingerprint density at radius 3 is 2.37 bits per heavy atom. The minimum absolute atomic E-state index is 0.0646. The van der Waals surface area contributed by atoms with Crippen LogP contribution < -0.4 is 9.64 Å². The van der Waals surface area contributed by atoms with Crippen molar-refractivity contribution in [2.45, 2.75) is 46.0 Å². The number of ether oxygens (including phenoxy) is 1. The lowest BCUT2D eigenvalue weighted by Gasteiger charge is -2.30. The molecule has 0 amide bonds. The SMILES string of the molecule is CCC(C)(CC(C)C)c1cc(OC)nc(N(C)C)n1. The summed E-state index contributed by atoms with van der Waals surface area (Å²) in [7, 11) is 5.55. The summed E-state index contributed by atoms with van der Waals surface area (Å²) in [6.45, 7) is 8.99. The van der Waals surface area contributed by atoms with E-state index in [1.807, 2.05) is 25.1 Å². The molecule has 1 rings (SSSR count). The predicted octanol–water partition coefficient (Wildman–Crippen LogP) is 3.27. The topological polar surface area (TPSA) is 38.2 Å². The quantitative estimate of drug-likeness (QED) is 0.791. The Morgan fingerprint density at radius 1 is 1.32 bits per heavy atom. The Labute approximate surface area is 117 Å². The van der Waals surface area contributed by atoms with Crippen LogP contribution in [0.25, 0.3) is 0 Å².